The molecule has 1 rings (SSSR count). The Morgan fingerprint density at radius 3 is 2.56 bits per heavy atom. The summed E-state index contributed by atoms with van der Waals surface area (Å²) in [6, 6.07) is 0.626. The molecule has 108 valence electrons. The Bertz CT molecular complexity index is 207. The third kappa shape index (κ3) is 6.17. The Labute approximate surface area is 113 Å². The molecule has 3 unspecified atom stereocenters. The van der Waals surface area contributed by atoms with Gasteiger partial charge in [-0.05, 0) is 38.3 Å². The molecule has 0 aliphatic heterocycles. The van der Waals surface area contributed by atoms with Crippen LogP contribution in [0.4, 0.5) is 0 Å². The quantitative estimate of drug-likeness (QED) is 0.686. The maximum atomic E-state index is 10.0. The van der Waals surface area contributed by atoms with Crippen LogP contribution in [0, 0.1) is 5.92 Å². The first-order valence-electron chi connectivity index (χ1n) is 7.79. The highest BCUT2D eigenvalue weighted by atomic mass is 16.3. The third-order valence-electron chi connectivity index (χ3n) is 4.26. The van der Waals surface area contributed by atoms with Crippen molar-refractivity contribution in [1.82, 2.24) is 10.2 Å². The monoisotopic (exact) mass is 256 g/mol. The number of nitrogens with one attached hydrogen (secondary N) is 1. The van der Waals surface area contributed by atoms with E-state index >= 15 is 0 Å². The summed E-state index contributed by atoms with van der Waals surface area (Å²) in [6.45, 7) is 10.2. The van der Waals surface area contributed by atoms with Crippen LogP contribution in [0.2, 0.25) is 0 Å². The molecule has 0 aromatic heterocycles. The molecule has 0 aromatic rings. The van der Waals surface area contributed by atoms with Crippen molar-refractivity contribution in [3.63, 3.8) is 0 Å². The highest BCUT2D eigenvalue weighted by molar-refractivity contribution is 4.75. The molecule has 3 atom stereocenters. The van der Waals surface area contributed by atoms with Crippen molar-refractivity contribution in [3.05, 3.63) is 0 Å². The fourth-order valence-electron chi connectivity index (χ4n) is 2.84. The molecule has 3 nitrogen and oxygen atoms in total. The Morgan fingerprint density at radius 2 is 1.89 bits per heavy atom. The van der Waals surface area contributed by atoms with E-state index in [-0.39, 0.29) is 6.10 Å². The summed E-state index contributed by atoms with van der Waals surface area (Å²) in [4.78, 5) is 2.28. The van der Waals surface area contributed by atoms with E-state index < -0.39 is 0 Å². The fraction of sp³-hybridized carbons (Fsp3) is 1.00. The minimum atomic E-state index is -0.231. The molecule has 18 heavy (non-hydrogen) atoms. The third-order valence-corrected chi connectivity index (χ3v) is 4.26. The predicted octanol–water partition coefficient (Wildman–Crippen LogP) is 2.25. The second kappa shape index (κ2) is 8.89. The molecule has 0 heterocycles. The van der Waals surface area contributed by atoms with E-state index in [4.69, 9.17) is 0 Å². The van der Waals surface area contributed by atoms with Gasteiger partial charge in [0.05, 0.1) is 6.10 Å². The Balaban J connectivity index is 2.18. The average molecular weight is 256 g/mol. The van der Waals surface area contributed by atoms with Gasteiger partial charge in [0, 0.05) is 19.1 Å². The number of aliphatic hydroxyl groups is 1. The number of nitrogens with zero attached hydrogens (tertiary/aromatic N) is 1. The molecule has 1 saturated carbocycles. The Kier molecular flexibility index (Phi) is 7.87. The van der Waals surface area contributed by atoms with Gasteiger partial charge in [-0.25, -0.2) is 0 Å². The largest absolute Gasteiger partial charge is 0.390 e. The summed E-state index contributed by atoms with van der Waals surface area (Å²) in [5, 5.41) is 13.6. The van der Waals surface area contributed by atoms with Crippen LogP contribution in [-0.4, -0.2) is 48.3 Å². The standard InChI is InChI=1S/C15H32N2O/c1-4-17(5-2)12-15(18)11-16-14-8-6-7-13(3)9-10-14/h13-16,18H,4-12H2,1-3H3. The Morgan fingerprint density at radius 1 is 1.17 bits per heavy atom. The summed E-state index contributed by atoms with van der Waals surface area (Å²) in [7, 11) is 0. The highest BCUT2D eigenvalue weighted by Crippen LogP contribution is 2.22. The van der Waals surface area contributed by atoms with Gasteiger partial charge < -0.3 is 15.3 Å². The van der Waals surface area contributed by atoms with Crippen LogP contribution >= 0.6 is 0 Å². The molecule has 1 fully saturated rings. The predicted molar refractivity (Wildman–Crippen MR) is 77.8 cm³/mol. The van der Waals surface area contributed by atoms with Gasteiger partial charge in [-0.15, -0.1) is 0 Å². The minimum Gasteiger partial charge on any atom is -0.390 e. The number of likely N-dealkylation sites (N-methyl/N-ethyl adjacent to an activating group) is 1. The molecule has 1 aliphatic carbocycles. The van der Waals surface area contributed by atoms with Crippen LogP contribution in [-0.2, 0) is 0 Å². The van der Waals surface area contributed by atoms with Crippen molar-refractivity contribution in [2.24, 2.45) is 5.92 Å². The zero-order chi connectivity index (χ0) is 13.4. The van der Waals surface area contributed by atoms with E-state index in [1.807, 2.05) is 0 Å². The first-order chi connectivity index (χ1) is 8.65. The molecule has 1 aliphatic rings. The lowest BCUT2D eigenvalue weighted by Crippen LogP contribution is -2.41. The molecule has 0 spiro atoms. The van der Waals surface area contributed by atoms with Crippen molar-refractivity contribution in [2.75, 3.05) is 26.2 Å². The molecule has 0 radical (unpaired) electrons. The molecule has 0 bridgehead atoms. The zero-order valence-electron chi connectivity index (χ0n) is 12.5. The maximum absolute atomic E-state index is 10.0. The van der Waals surface area contributed by atoms with Crippen LogP contribution < -0.4 is 5.32 Å². The van der Waals surface area contributed by atoms with Crippen LogP contribution in [0.1, 0.15) is 52.9 Å². The highest BCUT2D eigenvalue weighted by Gasteiger charge is 2.17. The lowest BCUT2D eigenvalue weighted by atomic mass is 10.0. The summed E-state index contributed by atoms with van der Waals surface area (Å²) >= 11 is 0. The number of aliphatic hydroxyl groups excluding tert-OH is 1. The molecule has 0 aromatic carbocycles. The molecular weight excluding hydrogens is 224 g/mol. The van der Waals surface area contributed by atoms with Crippen LogP contribution in [0.25, 0.3) is 0 Å². The van der Waals surface area contributed by atoms with E-state index in [2.05, 4.69) is 31.0 Å². The van der Waals surface area contributed by atoms with Crippen molar-refractivity contribution < 1.29 is 5.11 Å². The van der Waals surface area contributed by atoms with E-state index in [1.165, 1.54) is 32.1 Å². The lowest BCUT2D eigenvalue weighted by molar-refractivity contribution is 0.113. The summed E-state index contributed by atoms with van der Waals surface area (Å²) in [6.07, 6.45) is 6.38. The van der Waals surface area contributed by atoms with Gasteiger partial charge in [0.15, 0.2) is 0 Å². The van der Waals surface area contributed by atoms with Gasteiger partial charge in [0.1, 0.15) is 0 Å². The number of hydrogen-bond donors (Lipinski definition) is 2. The second-order valence-electron chi connectivity index (χ2n) is 5.86. The first kappa shape index (κ1) is 15.9. The number of hydrogen-bond acceptors (Lipinski definition) is 3. The Hall–Kier alpha value is -0.120. The van der Waals surface area contributed by atoms with Crippen molar-refractivity contribution in [3.8, 4) is 0 Å². The van der Waals surface area contributed by atoms with Crippen molar-refractivity contribution in [2.45, 2.75) is 65.0 Å². The molecule has 0 saturated heterocycles. The van der Waals surface area contributed by atoms with Crippen LogP contribution in [0.3, 0.4) is 0 Å². The minimum absolute atomic E-state index is 0.231. The maximum Gasteiger partial charge on any atom is 0.0791 e. The lowest BCUT2D eigenvalue weighted by Gasteiger charge is -2.24. The van der Waals surface area contributed by atoms with Gasteiger partial charge in [-0.2, -0.15) is 0 Å². The van der Waals surface area contributed by atoms with E-state index in [9.17, 15) is 5.11 Å². The van der Waals surface area contributed by atoms with Crippen molar-refractivity contribution in [1.29, 1.82) is 0 Å². The molecule has 2 N–H and O–H groups in total. The summed E-state index contributed by atoms with van der Waals surface area (Å²) in [5.41, 5.74) is 0. The van der Waals surface area contributed by atoms with Crippen molar-refractivity contribution >= 4 is 0 Å². The van der Waals surface area contributed by atoms with E-state index in [0.29, 0.717) is 6.04 Å². The first-order valence-corrected chi connectivity index (χ1v) is 7.79. The van der Waals surface area contributed by atoms with Gasteiger partial charge >= 0.3 is 0 Å². The van der Waals surface area contributed by atoms with E-state index in [1.54, 1.807) is 0 Å². The van der Waals surface area contributed by atoms with E-state index in [0.717, 1.165) is 32.1 Å². The van der Waals surface area contributed by atoms with Gasteiger partial charge in [-0.3, -0.25) is 0 Å². The smallest absolute Gasteiger partial charge is 0.0791 e. The number of rotatable bonds is 7. The topological polar surface area (TPSA) is 35.5 Å². The van der Waals surface area contributed by atoms with Gasteiger partial charge in [0.25, 0.3) is 0 Å². The zero-order valence-corrected chi connectivity index (χ0v) is 12.5. The summed E-state index contributed by atoms with van der Waals surface area (Å²) < 4.78 is 0. The molecule has 0 amide bonds. The molecular formula is C15H32N2O. The fourth-order valence-corrected chi connectivity index (χ4v) is 2.84. The SMILES string of the molecule is CCN(CC)CC(O)CNC1CCCC(C)CC1. The second-order valence-corrected chi connectivity index (χ2v) is 5.86. The molecule has 3 heteroatoms. The normalized spacial score (nSPS) is 27.2. The van der Waals surface area contributed by atoms with Crippen LogP contribution in [0.5, 0.6) is 0 Å². The van der Waals surface area contributed by atoms with Gasteiger partial charge in [-0.1, -0.05) is 33.6 Å². The van der Waals surface area contributed by atoms with Crippen LogP contribution in [0.15, 0.2) is 0 Å². The van der Waals surface area contributed by atoms with Gasteiger partial charge in [0.2, 0.25) is 0 Å². The summed E-state index contributed by atoms with van der Waals surface area (Å²) in [5.74, 6) is 0.886. The average Bonchev–Trinajstić information content (AvgIpc) is 2.58.